The van der Waals surface area contributed by atoms with Crippen molar-refractivity contribution in [3.63, 3.8) is 0 Å². The number of hydrogen-bond acceptors (Lipinski definition) is 6. The van der Waals surface area contributed by atoms with E-state index in [1.807, 2.05) is 52.8 Å². The van der Waals surface area contributed by atoms with Gasteiger partial charge in [-0.05, 0) is 45.7 Å². The van der Waals surface area contributed by atoms with Gasteiger partial charge in [0.1, 0.15) is 11.7 Å². The molecule has 0 aliphatic carbocycles. The minimum Gasteiger partial charge on any atom is -0.444 e. The molecule has 0 saturated carbocycles. The van der Waals surface area contributed by atoms with Crippen molar-refractivity contribution in [2.24, 2.45) is 0 Å². The van der Waals surface area contributed by atoms with Crippen molar-refractivity contribution in [3.8, 4) is 0 Å². The van der Waals surface area contributed by atoms with E-state index in [0.717, 1.165) is 11.1 Å². The molecule has 1 fully saturated rings. The van der Waals surface area contributed by atoms with Gasteiger partial charge in [0, 0.05) is 13.6 Å². The number of likely N-dealkylation sites (N-methyl/N-ethyl adjacent to an activating group) is 1. The summed E-state index contributed by atoms with van der Waals surface area (Å²) < 4.78 is 28.1. The molecule has 0 bridgehead atoms. The fourth-order valence-corrected chi connectivity index (χ4v) is 2.79. The van der Waals surface area contributed by atoms with Crippen molar-refractivity contribution < 1.29 is 28.5 Å². The molecular weight excluding hydrogens is 374 g/mol. The molecule has 1 unspecified atom stereocenters. The smallest absolute Gasteiger partial charge is 0.410 e. The average molecular weight is 410 g/mol. The van der Waals surface area contributed by atoms with Crippen LogP contribution in [0.3, 0.4) is 0 Å². The van der Waals surface area contributed by atoms with Crippen LogP contribution in [0.2, 0.25) is 0 Å². The standard InChI is InChI=1S/C22H35NO6/c1-21(2,3)29-20(24)23(6)10-11-25-13-17-8-7-9-18(12-17)14-26-15-19-16-27-22(4,5)28-19/h7-9,12,19H,10-11,13-16H2,1-6H3. The van der Waals surface area contributed by atoms with Crippen LogP contribution in [0.15, 0.2) is 24.3 Å². The van der Waals surface area contributed by atoms with Crippen molar-refractivity contribution in [3.05, 3.63) is 35.4 Å². The summed E-state index contributed by atoms with van der Waals surface area (Å²) in [7, 11) is 1.70. The highest BCUT2D eigenvalue weighted by molar-refractivity contribution is 5.67. The van der Waals surface area contributed by atoms with Crippen LogP contribution >= 0.6 is 0 Å². The molecule has 0 aromatic heterocycles. The van der Waals surface area contributed by atoms with Gasteiger partial charge in [-0.2, -0.15) is 0 Å². The Bertz CT molecular complexity index is 655. The molecule has 29 heavy (non-hydrogen) atoms. The summed E-state index contributed by atoms with van der Waals surface area (Å²) in [6, 6.07) is 8.09. The monoisotopic (exact) mass is 409 g/mol. The second-order valence-electron chi connectivity index (χ2n) is 8.74. The molecule has 0 radical (unpaired) electrons. The molecule has 1 saturated heterocycles. The highest BCUT2D eigenvalue weighted by Crippen LogP contribution is 2.22. The van der Waals surface area contributed by atoms with Gasteiger partial charge >= 0.3 is 6.09 Å². The van der Waals surface area contributed by atoms with Gasteiger partial charge in [-0.15, -0.1) is 0 Å². The van der Waals surface area contributed by atoms with E-state index in [1.165, 1.54) is 4.90 Å². The third-order valence-electron chi connectivity index (χ3n) is 4.18. The number of rotatable bonds is 9. The lowest BCUT2D eigenvalue weighted by atomic mass is 10.1. The predicted molar refractivity (Wildman–Crippen MR) is 110 cm³/mol. The first-order valence-electron chi connectivity index (χ1n) is 10.0. The zero-order valence-corrected chi connectivity index (χ0v) is 18.5. The molecule has 7 nitrogen and oxygen atoms in total. The first-order chi connectivity index (χ1) is 13.5. The van der Waals surface area contributed by atoms with Crippen LogP contribution in [0.25, 0.3) is 0 Å². The number of amides is 1. The summed E-state index contributed by atoms with van der Waals surface area (Å²) in [5.74, 6) is -0.525. The van der Waals surface area contributed by atoms with E-state index < -0.39 is 11.4 Å². The van der Waals surface area contributed by atoms with Crippen LogP contribution in [0, 0.1) is 0 Å². The van der Waals surface area contributed by atoms with Crippen molar-refractivity contribution in [2.75, 3.05) is 33.4 Å². The van der Waals surface area contributed by atoms with E-state index in [2.05, 4.69) is 6.07 Å². The molecule has 7 heteroatoms. The topological polar surface area (TPSA) is 66.5 Å². The normalized spacial score (nSPS) is 18.6. The average Bonchev–Trinajstić information content (AvgIpc) is 2.96. The number of hydrogen-bond donors (Lipinski definition) is 0. The number of carbonyl (C=O) groups is 1. The maximum Gasteiger partial charge on any atom is 0.410 e. The Morgan fingerprint density at radius 1 is 1.21 bits per heavy atom. The largest absolute Gasteiger partial charge is 0.444 e. The lowest BCUT2D eigenvalue weighted by molar-refractivity contribution is -0.145. The summed E-state index contributed by atoms with van der Waals surface area (Å²) in [5, 5.41) is 0. The maximum atomic E-state index is 11.9. The Morgan fingerprint density at radius 3 is 2.45 bits per heavy atom. The first kappa shape index (κ1) is 23.6. The van der Waals surface area contributed by atoms with E-state index in [9.17, 15) is 4.79 Å². The minimum atomic E-state index is -0.525. The van der Waals surface area contributed by atoms with Gasteiger partial charge < -0.3 is 28.6 Å². The fraction of sp³-hybridized carbons (Fsp3) is 0.682. The Hall–Kier alpha value is -1.67. The molecular formula is C22H35NO6. The molecule has 1 amide bonds. The number of benzene rings is 1. The van der Waals surface area contributed by atoms with Crippen LogP contribution in [0.1, 0.15) is 45.7 Å². The predicted octanol–water partition coefficient (Wildman–Crippen LogP) is 3.74. The van der Waals surface area contributed by atoms with Gasteiger partial charge in [0.15, 0.2) is 5.79 Å². The van der Waals surface area contributed by atoms with Gasteiger partial charge in [-0.1, -0.05) is 24.3 Å². The van der Waals surface area contributed by atoms with E-state index in [4.69, 9.17) is 23.7 Å². The summed E-state index contributed by atoms with van der Waals surface area (Å²) >= 11 is 0. The number of carbonyl (C=O) groups excluding carboxylic acids is 1. The Morgan fingerprint density at radius 2 is 1.86 bits per heavy atom. The van der Waals surface area contributed by atoms with Crippen LogP contribution in [-0.2, 0) is 36.9 Å². The van der Waals surface area contributed by atoms with Crippen LogP contribution < -0.4 is 0 Å². The summed E-state index contributed by atoms with van der Waals surface area (Å²) in [6.45, 7) is 12.3. The molecule has 164 valence electrons. The van der Waals surface area contributed by atoms with Crippen molar-refractivity contribution in [1.82, 2.24) is 4.90 Å². The van der Waals surface area contributed by atoms with Gasteiger partial charge in [0.2, 0.25) is 0 Å². The molecule has 1 atom stereocenters. The van der Waals surface area contributed by atoms with E-state index in [1.54, 1.807) is 7.05 Å². The van der Waals surface area contributed by atoms with Gasteiger partial charge in [-0.3, -0.25) is 0 Å². The maximum absolute atomic E-state index is 11.9. The summed E-state index contributed by atoms with van der Waals surface area (Å²) in [6.07, 6.45) is -0.376. The quantitative estimate of drug-likeness (QED) is 0.579. The fourth-order valence-electron chi connectivity index (χ4n) is 2.79. The van der Waals surface area contributed by atoms with E-state index >= 15 is 0 Å². The molecule has 0 N–H and O–H groups in total. The first-order valence-corrected chi connectivity index (χ1v) is 10.0. The number of nitrogens with zero attached hydrogens (tertiary/aromatic N) is 1. The Kier molecular flexibility index (Phi) is 8.46. The lowest BCUT2D eigenvalue weighted by Gasteiger charge is -2.24. The molecule has 1 aliphatic heterocycles. The van der Waals surface area contributed by atoms with Gasteiger partial charge in [-0.25, -0.2) is 4.79 Å². The second-order valence-corrected chi connectivity index (χ2v) is 8.74. The van der Waals surface area contributed by atoms with Crippen molar-refractivity contribution in [1.29, 1.82) is 0 Å². The minimum absolute atomic E-state index is 0.0292. The van der Waals surface area contributed by atoms with E-state index in [-0.39, 0.29) is 12.2 Å². The lowest BCUT2D eigenvalue weighted by Crippen LogP contribution is -2.36. The molecule has 1 heterocycles. The van der Waals surface area contributed by atoms with Gasteiger partial charge in [0.05, 0.1) is 33.0 Å². The highest BCUT2D eigenvalue weighted by atomic mass is 16.7. The van der Waals surface area contributed by atoms with Crippen molar-refractivity contribution in [2.45, 2.75) is 65.3 Å². The SMILES string of the molecule is CN(CCOCc1cccc(COCC2COC(C)(C)O2)c1)C(=O)OC(C)(C)C. The Labute approximate surface area is 174 Å². The molecule has 2 rings (SSSR count). The van der Waals surface area contributed by atoms with Crippen LogP contribution in [0.4, 0.5) is 4.79 Å². The molecule has 1 aromatic rings. The third-order valence-corrected chi connectivity index (χ3v) is 4.18. The van der Waals surface area contributed by atoms with Gasteiger partial charge in [0.25, 0.3) is 0 Å². The second kappa shape index (κ2) is 10.4. The van der Waals surface area contributed by atoms with Crippen LogP contribution in [0.5, 0.6) is 0 Å². The van der Waals surface area contributed by atoms with Crippen LogP contribution in [-0.4, -0.2) is 61.9 Å². The van der Waals surface area contributed by atoms with E-state index in [0.29, 0.717) is 39.6 Å². The molecule has 1 aromatic carbocycles. The van der Waals surface area contributed by atoms with Crippen molar-refractivity contribution >= 4 is 6.09 Å². The Balaban J connectivity index is 1.66. The zero-order chi connectivity index (χ0) is 21.5. The molecule has 0 spiro atoms. The summed E-state index contributed by atoms with van der Waals surface area (Å²) in [5.41, 5.74) is 1.64. The molecule has 1 aliphatic rings. The zero-order valence-electron chi connectivity index (χ0n) is 18.5. The highest BCUT2D eigenvalue weighted by Gasteiger charge is 2.32. The summed E-state index contributed by atoms with van der Waals surface area (Å²) in [4.78, 5) is 13.4. The number of ether oxygens (including phenoxy) is 5. The third kappa shape index (κ3) is 9.12.